The van der Waals surface area contributed by atoms with E-state index in [1.165, 1.54) is 4.90 Å². The molecule has 3 aliphatic rings. The van der Waals surface area contributed by atoms with Crippen molar-refractivity contribution in [3.05, 3.63) is 42.0 Å². The number of cyclic esters (lactones) is 1. The molecule has 3 aliphatic heterocycles. The third kappa shape index (κ3) is 5.61. The molecule has 4 N–H and O–H groups in total. The topological polar surface area (TPSA) is 137 Å². The molecule has 2 saturated heterocycles. The van der Waals surface area contributed by atoms with E-state index in [1.54, 1.807) is 6.08 Å². The Kier molecular flexibility index (Phi) is 7.20. The summed E-state index contributed by atoms with van der Waals surface area (Å²) in [5.74, 6) is -1.66. The van der Waals surface area contributed by atoms with E-state index in [2.05, 4.69) is 20.7 Å². The molecule has 10 nitrogen and oxygen atoms in total. The van der Waals surface area contributed by atoms with Crippen LogP contribution >= 0.6 is 0 Å². The Morgan fingerprint density at radius 3 is 2.36 bits per heavy atom. The number of rotatable bonds is 4. The number of halogens is 3. The number of aliphatic hydroxyl groups is 1. The number of fused-ring (bicyclic) bond motifs is 1. The minimum Gasteiger partial charge on any atom is -0.434 e. The fraction of sp³-hybridized carbons (Fsp3) is 0.478. The van der Waals surface area contributed by atoms with Gasteiger partial charge in [0.1, 0.15) is 18.1 Å². The zero-order valence-electron chi connectivity index (χ0n) is 19.0. The van der Waals surface area contributed by atoms with Gasteiger partial charge in [-0.3, -0.25) is 14.4 Å². The summed E-state index contributed by atoms with van der Waals surface area (Å²) in [5, 5.41) is 17.3. The molecule has 0 spiro atoms. The number of aliphatic hydroxyl groups excluding tert-OH is 1. The van der Waals surface area contributed by atoms with Crippen LogP contribution in [0.2, 0.25) is 0 Å². The van der Waals surface area contributed by atoms with Gasteiger partial charge in [0, 0.05) is 11.7 Å². The van der Waals surface area contributed by atoms with E-state index in [4.69, 9.17) is 0 Å². The molecule has 5 atom stereocenters. The molecule has 3 heterocycles. The molecule has 194 valence electrons. The second-order valence-corrected chi connectivity index (χ2v) is 8.86. The maximum absolute atomic E-state index is 13.4. The van der Waals surface area contributed by atoms with Crippen LogP contribution in [0.15, 0.2) is 36.4 Å². The summed E-state index contributed by atoms with van der Waals surface area (Å²) < 4.78 is 42.9. The smallest absolute Gasteiger partial charge is 0.416 e. The van der Waals surface area contributed by atoms with Crippen LogP contribution < -0.4 is 16.0 Å². The summed E-state index contributed by atoms with van der Waals surface area (Å²) >= 11 is 0. The first-order chi connectivity index (χ1) is 17.0. The molecule has 13 heteroatoms. The van der Waals surface area contributed by atoms with Crippen molar-refractivity contribution in [2.45, 2.75) is 68.7 Å². The highest BCUT2D eigenvalue weighted by Crippen LogP contribution is 2.31. The van der Waals surface area contributed by atoms with Crippen molar-refractivity contribution in [3.63, 3.8) is 0 Å². The number of alkyl halides is 3. The van der Waals surface area contributed by atoms with Crippen LogP contribution in [0.25, 0.3) is 0 Å². The van der Waals surface area contributed by atoms with Crippen molar-refractivity contribution in [1.82, 2.24) is 15.5 Å². The van der Waals surface area contributed by atoms with Crippen LogP contribution in [-0.4, -0.2) is 64.3 Å². The van der Waals surface area contributed by atoms with Gasteiger partial charge in [0.25, 0.3) is 0 Å². The van der Waals surface area contributed by atoms with Gasteiger partial charge in [0.05, 0.1) is 12.0 Å². The largest absolute Gasteiger partial charge is 0.434 e. The zero-order chi connectivity index (χ0) is 26.0. The lowest BCUT2D eigenvalue weighted by molar-refractivity contribution is -0.155. The lowest BCUT2D eigenvalue weighted by Crippen LogP contribution is -2.57. The molecule has 0 saturated carbocycles. The van der Waals surface area contributed by atoms with Crippen molar-refractivity contribution in [1.29, 1.82) is 0 Å². The fourth-order valence-electron chi connectivity index (χ4n) is 4.61. The van der Waals surface area contributed by atoms with E-state index in [0.717, 1.165) is 24.3 Å². The van der Waals surface area contributed by atoms with Crippen molar-refractivity contribution in [2.75, 3.05) is 5.32 Å². The molecule has 0 aromatic heterocycles. The Balaban J connectivity index is 1.42. The number of hydrogen-bond donors (Lipinski definition) is 4. The normalized spacial score (nSPS) is 29.0. The summed E-state index contributed by atoms with van der Waals surface area (Å²) in [4.78, 5) is 51.7. The number of benzene rings is 1. The number of urea groups is 1. The molecular weight excluding hydrogens is 485 g/mol. The van der Waals surface area contributed by atoms with Crippen molar-refractivity contribution < 1.29 is 42.2 Å². The second kappa shape index (κ2) is 10.2. The highest BCUT2D eigenvalue weighted by atomic mass is 19.4. The predicted octanol–water partition coefficient (Wildman–Crippen LogP) is 1.66. The number of nitrogens with one attached hydrogen (secondary N) is 3. The van der Waals surface area contributed by atoms with Gasteiger partial charge in [0.15, 0.2) is 0 Å². The first-order valence-corrected chi connectivity index (χ1v) is 11.4. The number of nitrogens with zero attached hydrogens (tertiary/aromatic N) is 1. The number of anilines is 1. The minimum atomic E-state index is -4.51. The van der Waals surface area contributed by atoms with Gasteiger partial charge in [0.2, 0.25) is 18.1 Å². The summed E-state index contributed by atoms with van der Waals surface area (Å²) in [6, 6.07) is -0.00259. The number of ether oxygens (including phenoxy) is 1. The number of carbonyl (C=O) groups excluding carboxylic acids is 4. The highest BCUT2D eigenvalue weighted by molar-refractivity contribution is 5.96. The van der Waals surface area contributed by atoms with Crippen molar-refractivity contribution >= 4 is 29.5 Å². The van der Waals surface area contributed by atoms with E-state index in [9.17, 15) is 37.5 Å². The molecule has 2 fully saturated rings. The monoisotopic (exact) mass is 510 g/mol. The van der Waals surface area contributed by atoms with Crippen LogP contribution in [0.5, 0.6) is 0 Å². The Morgan fingerprint density at radius 1 is 1.03 bits per heavy atom. The van der Waals surface area contributed by atoms with Gasteiger partial charge < -0.3 is 30.7 Å². The standard InChI is InChI=1S/C23H25F3N4O6/c24-23(25,26)12-5-7-13(8-6-12)27-22(35)29-15-4-2-1-3-14-9-10-17(30(14)20(15)33)19(32)28-16-11-18(31)36-21(16)34/h1-2,5-8,14-17,21,34H,3-4,9-11H2,(H,28,32)(H2,27,29,35)/b2-1-/t14-,15+,16?,17+,21?/m1/s1. The molecule has 0 radical (unpaired) electrons. The van der Waals surface area contributed by atoms with Gasteiger partial charge in [-0.15, -0.1) is 0 Å². The predicted molar refractivity (Wildman–Crippen MR) is 118 cm³/mol. The lowest BCUT2D eigenvalue weighted by Gasteiger charge is -2.34. The molecule has 0 aliphatic carbocycles. The first kappa shape index (κ1) is 25.5. The summed E-state index contributed by atoms with van der Waals surface area (Å²) in [7, 11) is 0. The molecule has 1 aromatic carbocycles. The first-order valence-electron chi connectivity index (χ1n) is 11.4. The number of esters is 1. The van der Waals surface area contributed by atoms with E-state index in [0.29, 0.717) is 19.3 Å². The second-order valence-electron chi connectivity index (χ2n) is 8.86. The zero-order valence-corrected chi connectivity index (χ0v) is 19.0. The van der Waals surface area contributed by atoms with Crippen LogP contribution in [0.3, 0.4) is 0 Å². The molecule has 1 aromatic rings. The van der Waals surface area contributed by atoms with Crippen LogP contribution in [0.4, 0.5) is 23.7 Å². The Morgan fingerprint density at radius 2 is 1.72 bits per heavy atom. The number of amides is 4. The van der Waals surface area contributed by atoms with Crippen molar-refractivity contribution in [2.24, 2.45) is 0 Å². The average Bonchev–Trinajstić information content (AvgIpc) is 3.36. The molecule has 36 heavy (non-hydrogen) atoms. The van der Waals surface area contributed by atoms with Gasteiger partial charge in [-0.25, -0.2) is 4.79 Å². The van der Waals surface area contributed by atoms with E-state index < -0.39 is 60.0 Å². The Labute approximate surface area is 203 Å². The van der Waals surface area contributed by atoms with Crippen molar-refractivity contribution in [3.8, 4) is 0 Å². The van der Waals surface area contributed by atoms with Crippen LogP contribution in [0.1, 0.15) is 37.7 Å². The highest BCUT2D eigenvalue weighted by Gasteiger charge is 2.45. The number of hydrogen-bond acceptors (Lipinski definition) is 6. The SMILES string of the molecule is O=C(Nc1ccc(C(F)(F)F)cc1)N[C@H]1C/C=C\C[C@@H]2CC[C@@H](C(=O)NC3CC(=O)OC3O)N2C1=O. The molecule has 4 amide bonds. The molecular formula is C23H25F3N4O6. The minimum absolute atomic E-state index is 0.109. The average molecular weight is 510 g/mol. The molecule has 0 bridgehead atoms. The van der Waals surface area contributed by atoms with Gasteiger partial charge in [-0.1, -0.05) is 12.2 Å². The molecule has 4 rings (SSSR count). The third-order valence-corrected chi connectivity index (χ3v) is 6.39. The maximum Gasteiger partial charge on any atom is 0.416 e. The Hall–Kier alpha value is -3.61. The third-order valence-electron chi connectivity index (χ3n) is 6.39. The fourth-order valence-corrected chi connectivity index (χ4v) is 4.61. The summed E-state index contributed by atoms with van der Waals surface area (Å²) in [6.07, 6.45) is -0.968. The van der Waals surface area contributed by atoms with Gasteiger partial charge >= 0.3 is 18.2 Å². The van der Waals surface area contributed by atoms with Crippen LogP contribution in [0, 0.1) is 0 Å². The van der Waals surface area contributed by atoms with E-state index in [1.807, 2.05) is 6.08 Å². The van der Waals surface area contributed by atoms with Crippen LogP contribution in [-0.2, 0) is 25.3 Å². The van der Waals surface area contributed by atoms with E-state index in [-0.39, 0.29) is 24.6 Å². The summed E-state index contributed by atoms with van der Waals surface area (Å²) in [6.45, 7) is 0. The summed E-state index contributed by atoms with van der Waals surface area (Å²) in [5.41, 5.74) is -0.753. The van der Waals surface area contributed by atoms with Gasteiger partial charge in [-0.05, 0) is 49.9 Å². The lowest BCUT2D eigenvalue weighted by atomic mass is 10.0. The van der Waals surface area contributed by atoms with E-state index >= 15 is 0 Å². The number of carbonyl (C=O) groups is 4. The maximum atomic E-state index is 13.4. The Bertz CT molecular complexity index is 1060. The quantitative estimate of drug-likeness (QED) is 0.359. The molecule has 2 unspecified atom stereocenters. The van der Waals surface area contributed by atoms with Gasteiger partial charge in [-0.2, -0.15) is 13.2 Å².